The molecule has 0 aliphatic rings. The second kappa shape index (κ2) is 8.26. The van der Waals surface area contributed by atoms with Crippen molar-refractivity contribution in [1.29, 1.82) is 0 Å². The predicted molar refractivity (Wildman–Crippen MR) is 82.4 cm³/mol. The molecule has 0 spiro atoms. The Hall–Kier alpha value is -2.08. The molecule has 0 saturated carbocycles. The van der Waals surface area contributed by atoms with Gasteiger partial charge in [0.15, 0.2) is 6.10 Å². The minimum Gasteiger partial charge on any atom is -0.481 e. The van der Waals surface area contributed by atoms with Gasteiger partial charge in [-0.25, -0.2) is 0 Å². The summed E-state index contributed by atoms with van der Waals surface area (Å²) in [6.07, 6.45) is -0.571. The number of rotatable bonds is 7. The molecule has 116 valence electrons. The fourth-order valence-electron chi connectivity index (χ4n) is 1.62. The summed E-state index contributed by atoms with van der Waals surface area (Å²) in [6, 6.07) is 6.89. The van der Waals surface area contributed by atoms with Gasteiger partial charge in [0.25, 0.3) is 5.91 Å². The maximum absolute atomic E-state index is 11.8. The van der Waals surface area contributed by atoms with Crippen LogP contribution in [-0.2, 0) is 9.59 Å². The normalized spacial score (nSPS) is 11.9. The van der Waals surface area contributed by atoms with Crippen molar-refractivity contribution in [2.24, 2.45) is 0 Å². The maximum atomic E-state index is 11.8. The van der Waals surface area contributed by atoms with Gasteiger partial charge in [-0.2, -0.15) is 0 Å². The second-order valence-electron chi connectivity index (χ2n) is 5.06. The zero-order valence-electron chi connectivity index (χ0n) is 13.0. The molecule has 0 aliphatic carbocycles. The predicted octanol–water partition coefficient (Wildman–Crippen LogP) is 1.09. The van der Waals surface area contributed by atoms with Crippen LogP contribution >= 0.6 is 0 Å². The Morgan fingerprint density at radius 1 is 1.24 bits per heavy atom. The van der Waals surface area contributed by atoms with Crippen LogP contribution in [0.3, 0.4) is 0 Å². The lowest BCUT2D eigenvalue weighted by molar-refractivity contribution is -0.127. The van der Waals surface area contributed by atoms with E-state index in [9.17, 15) is 9.59 Å². The third-order valence-corrected chi connectivity index (χ3v) is 2.72. The number of carbonyl (C=O) groups is 2. The highest BCUT2D eigenvalue weighted by Crippen LogP contribution is 2.16. The van der Waals surface area contributed by atoms with Gasteiger partial charge in [0.05, 0.1) is 0 Å². The zero-order chi connectivity index (χ0) is 15.8. The van der Waals surface area contributed by atoms with Crippen LogP contribution in [0.25, 0.3) is 0 Å². The molecule has 21 heavy (non-hydrogen) atoms. The van der Waals surface area contributed by atoms with Crippen molar-refractivity contribution in [3.63, 3.8) is 0 Å². The van der Waals surface area contributed by atoms with E-state index in [2.05, 4.69) is 10.6 Å². The summed E-state index contributed by atoms with van der Waals surface area (Å²) in [5, 5.41) is 5.48. The van der Waals surface area contributed by atoms with E-state index in [0.29, 0.717) is 18.0 Å². The van der Waals surface area contributed by atoms with Crippen LogP contribution in [0.1, 0.15) is 13.8 Å². The summed E-state index contributed by atoms with van der Waals surface area (Å²) in [5.41, 5.74) is 0.693. The number of ether oxygens (including phenoxy) is 1. The van der Waals surface area contributed by atoms with Crippen LogP contribution in [0.4, 0.5) is 5.69 Å². The topological polar surface area (TPSA) is 70.7 Å². The number of hydrogen-bond donors (Lipinski definition) is 2. The lowest BCUT2D eigenvalue weighted by Gasteiger charge is -2.16. The molecule has 0 aliphatic heterocycles. The van der Waals surface area contributed by atoms with Gasteiger partial charge < -0.3 is 20.3 Å². The molecule has 0 saturated heterocycles. The van der Waals surface area contributed by atoms with E-state index in [1.54, 1.807) is 31.2 Å². The van der Waals surface area contributed by atoms with Crippen molar-refractivity contribution in [2.45, 2.75) is 20.0 Å². The molecule has 0 fully saturated rings. The Kier molecular flexibility index (Phi) is 6.68. The fourth-order valence-corrected chi connectivity index (χ4v) is 1.62. The Balaban J connectivity index is 2.44. The first kappa shape index (κ1) is 17.0. The number of likely N-dealkylation sites (N-methyl/N-ethyl adjacent to an activating group) is 1. The van der Waals surface area contributed by atoms with Crippen molar-refractivity contribution >= 4 is 17.5 Å². The van der Waals surface area contributed by atoms with E-state index in [0.717, 1.165) is 6.54 Å². The molecule has 0 radical (unpaired) electrons. The van der Waals surface area contributed by atoms with E-state index in [-0.39, 0.29) is 11.8 Å². The Bertz CT molecular complexity index is 472. The molecular weight excluding hydrogens is 270 g/mol. The number of anilines is 1. The van der Waals surface area contributed by atoms with Crippen LogP contribution in [0, 0.1) is 0 Å². The van der Waals surface area contributed by atoms with E-state index in [1.165, 1.54) is 6.92 Å². The summed E-state index contributed by atoms with van der Waals surface area (Å²) in [7, 11) is 3.89. The van der Waals surface area contributed by atoms with Gasteiger partial charge in [-0.15, -0.1) is 0 Å². The largest absolute Gasteiger partial charge is 0.481 e. The number of hydrogen-bond acceptors (Lipinski definition) is 4. The highest BCUT2D eigenvalue weighted by atomic mass is 16.5. The third kappa shape index (κ3) is 6.76. The molecule has 2 amide bonds. The Morgan fingerprint density at radius 3 is 2.38 bits per heavy atom. The van der Waals surface area contributed by atoms with E-state index in [4.69, 9.17) is 4.74 Å². The van der Waals surface area contributed by atoms with Crippen molar-refractivity contribution in [3.8, 4) is 5.75 Å². The molecule has 1 unspecified atom stereocenters. The van der Waals surface area contributed by atoms with Gasteiger partial charge in [-0.3, -0.25) is 9.59 Å². The first-order chi connectivity index (χ1) is 9.88. The lowest BCUT2D eigenvalue weighted by Crippen LogP contribution is -2.39. The smallest absolute Gasteiger partial charge is 0.260 e. The van der Waals surface area contributed by atoms with Crippen molar-refractivity contribution in [2.75, 3.05) is 32.5 Å². The third-order valence-electron chi connectivity index (χ3n) is 2.72. The monoisotopic (exact) mass is 293 g/mol. The van der Waals surface area contributed by atoms with Crippen LogP contribution in [0.2, 0.25) is 0 Å². The average Bonchev–Trinajstić information content (AvgIpc) is 2.39. The molecule has 6 heteroatoms. The highest BCUT2D eigenvalue weighted by Gasteiger charge is 2.14. The molecule has 1 rings (SSSR count). The average molecular weight is 293 g/mol. The quantitative estimate of drug-likeness (QED) is 0.789. The minimum absolute atomic E-state index is 0.127. The standard InChI is InChI=1S/C15H23N3O3/c1-11(15(20)16-9-10-18(3)4)21-14-7-5-13(6-8-14)17-12(2)19/h5-8,11H,9-10H2,1-4H3,(H,16,20)(H,17,19). The lowest BCUT2D eigenvalue weighted by atomic mass is 10.3. The second-order valence-corrected chi connectivity index (χ2v) is 5.06. The van der Waals surface area contributed by atoms with E-state index < -0.39 is 6.10 Å². The van der Waals surface area contributed by atoms with Gasteiger partial charge in [0, 0.05) is 25.7 Å². The van der Waals surface area contributed by atoms with Gasteiger partial charge in [-0.05, 0) is 45.3 Å². The van der Waals surface area contributed by atoms with Gasteiger partial charge in [0.1, 0.15) is 5.75 Å². The highest BCUT2D eigenvalue weighted by molar-refractivity contribution is 5.88. The van der Waals surface area contributed by atoms with E-state index in [1.807, 2.05) is 19.0 Å². The molecule has 6 nitrogen and oxygen atoms in total. The van der Waals surface area contributed by atoms with Gasteiger partial charge in [-0.1, -0.05) is 0 Å². The van der Waals surface area contributed by atoms with Crippen LogP contribution < -0.4 is 15.4 Å². The zero-order valence-corrected chi connectivity index (χ0v) is 13.0. The molecule has 0 aromatic heterocycles. The minimum atomic E-state index is -0.571. The first-order valence-corrected chi connectivity index (χ1v) is 6.85. The summed E-state index contributed by atoms with van der Waals surface area (Å²) in [5.74, 6) is 0.305. The number of nitrogens with one attached hydrogen (secondary N) is 2. The van der Waals surface area contributed by atoms with Crippen molar-refractivity contribution < 1.29 is 14.3 Å². The Labute approximate surface area is 125 Å². The molecular formula is C15H23N3O3. The molecule has 1 atom stereocenters. The molecule has 0 heterocycles. The number of amides is 2. The SMILES string of the molecule is CC(=O)Nc1ccc(OC(C)C(=O)NCCN(C)C)cc1. The van der Waals surface area contributed by atoms with Gasteiger partial charge >= 0.3 is 0 Å². The number of nitrogens with zero attached hydrogens (tertiary/aromatic N) is 1. The number of benzene rings is 1. The van der Waals surface area contributed by atoms with Crippen LogP contribution in [0.5, 0.6) is 5.75 Å². The van der Waals surface area contributed by atoms with Gasteiger partial charge in [0.2, 0.25) is 5.91 Å². The van der Waals surface area contributed by atoms with Crippen molar-refractivity contribution in [3.05, 3.63) is 24.3 Å². The van der Waals surface area contributed by atoms with Crippen LogP contribution in [-0.4, -0.2) is 50.0 Å². The number of carbonyl (C=O) groups excluding carboxylic acids is 2. The van der Waals surface area contributed by atoms with Crippen molar-refractivity contribution in [1.82, 2.24) is 10.2 Å². The fraction of sp³-hybridized carbons (Fsp3) is 0.467. The summed E-state index contributed by atoms with van der Waals surface area (Å²) in [4.78, 5) is 24.7. The molecule has 1 aromatic rings. The summed E-state index contributed by atoms with van der Waals surface area (Å²) in [6.45, 7) is 4.52. The molecule has 2 N–H and O–H groups in total. The molecule has 0 bridgehead atoms. The summed E-state index contributed by atoms with van der Waals surface area (Å²) < 4.78 is 5.56. The summed E-state index contributed by atoms with van der Waals surface area (Å²) >= 11 is 0. The Morgan fingerprint density at radius 2 is 1.86 bits per heavy atom. The molecule has 1 aromatic carbocycles. The first-order valence-electron chi connectivity index (χ1n) is 6.85. The van der Waals surface area contributed by atoms with E-state index >= 15 is 0 Å². The maximum Gasteiger partial charge on any atom is 0.260 e. The van der Waals surface area contributed by atoms with Crippen LogP contribution in [0.15, 0.2) is 24.3 Å².